The SMILES string of the molecule is CC(=O)Nc1cccc2c(C3=CCN(C)CC3)cccc12. The molecule has 1 aliphatic heterocycles. The highest BCUT2D eigenvalue weighted by molar-refractivity contribution is 6.05. The molecule has 0 atom stereocenters. The quantitative estimate of drug-likeness (QED) is 0.913. The number of carbonyl (C=O) groups is 1. The highest BCUT2D eigenvalue weighted by Gasteiger charge is 2.13. The van der Waals surface area contributed by atoms with Crippen molar-refractivity contribution in [1.29, 1.82) is 0 Å². The minimum absolute atomic E-state index is 0.0357. The van der Waals surface area contributed by atoms with Crippen molar-refractivity contribution in [2.45, 2.75) is 13.3 Å². The van der Waals surface area contributed by atoms with Gasteiger partial charge in [0.1, 0.15) is 0 Å². The van der Waals surface area contributed by atoms with Crippen LogP contribution in [0.2, 0.25) is 0 Å². The fourth-order valence-electron chi connectivity index (χ4n) is 2.90. The molecule has 0 fully saturated rings. The van der Waals surface area contributed by atoms with Crippen molar-refractivity contribution in [3.63, 3.8) is 0 Å². The number of nitrogens with zero attached hydrogens (tertiary/aromatic N) is 1. The average molecular weight is 280 g/mol. The van der Waals surface area contributed by atoms with Gasteiger partial charge in [-0.05, 0) is 36.1 Å². The number of carbonyl (C=O) groups excluding carboxylic acids is 1. The molecule has 0 aromatic heterocycles. The number of fused-ring (bicyclic) bond motifs is 1. The number of anilines is 1. The van der Waals surface area contributed by atoms with Gasteiger partial charge < -0.3 is 10.2 Å². The molecule has 21 heavy (non-hydrogen) atoms. The Hall–Kier alpha value is -2.13. The fraction of sp³-hybridized carbons (Fsp3) is 0.278. The lowest BCUT2D eigenvalue weighted by Crippen LogP contribution is -2.23. The Labute approximate surface area is 125 Å². The molecule has 0 saturated carbocycles. The number of rotatable bonds is 2. The molecule has 1 amide bonds. The first-order valence-electron chi connectivity index (χ1n) is 7.32. The molecule has 3 rings (SSSR count). The van der Waals surface area contributed by atoms with Crippen molar-refractivity contribution in [3.05, 3.63) is 48.0 Å². The maximum Gasteiger partial charge on any atom is 0.221 e. The molecule has 2 aromatic rings. The number of hydrogen-bond acceptors (Lipinski definition) is 2. The molecule has 0 saturated heterocycles. The van der Waals surface area contributed by atoms with Gasteiger partial charge in [0.25, 0.3) is 0 Å². The fourth-order valence-corrected chi connectivity index (χ4v) is 2.90. The summed E-state index contributed by atoms with van der Waals surface area (Å²) in [5.41, 5.74) is 3.57. The van der Waals surface area contributed by atoms with E-state index in [1.807, 2.05) is 12.1 Å². The van der Waals surface area contributed by atoms with E-state index in [1.165, 1.54) is 16.5 Å². The van der Waals surface area contributed by atoms with Crippen LogP contribution >= 0.6 is 0 Å². The van der Waals surface area contributed by atoms with E-state index >= 15 is 0 Å². The van der Waals surface area contributed by atoms with E-state index in [0.717, 1.165) is 30.6 Å². The van der Waals surface area contributed by atoms with E-state index in [2.05, 4.69) is 47.6 Å². The summed E-state index contributed by atoms with van der Waals surface area (Å²) in [6.45, 7) is 3.63. The maximum absolute atomic E-state index is 11.4. The first-order chi connectivity index (χ1) is 10.1. The standard InChI is InChI=1S/C18H20N2O/c1-13(21)19-18-8-4-6-16-15(5-3-7-17(16)18)14-9-11-20(2)12-10-14/h3-9H,10-12H2,1-2H3,(H,19,21). The molecule has 0 unspecified atom stereocenters. The molecule has 2 aromatic carbocycles. The second kappa shape index (κ2) is 5.70. The van der Waals surface area contributed by atoms with Crippen LogP contribution in [0.3, 0.4) is 0 Å². The predicted octanol–water partition coefficient (Wildman–Crippen LogP) is 3.52. The number of hydrogen-bond donors (Lipinski definition) is 1. The summed E-state index contributed by atoms with van der Waals surface area (Å²) in [6.07, 6.45) is 3.38. The first-order valence-corrected chi connectivity index (χ1v) is 7.32. The monoisotopic (exact) mass is 280 g/mol. The molecule has 3 heteroatoms. The normalized spacial score (nSPS) is 15.8. The summed E-state index contributed by atoms with van der Waals surface area (Å²) >= 11 is 0. The van der Waals surface area contributed by atoms with Gasteiger partial charge in [0.2, 0.25) is 5.91 Å². The molecular weight excluding hydrogens is 260 g/mol. The van der Waals surface area contributed by atoms with E-state index in [-0.39, 0.29) is 5.91 Å². The molecule has 108 valence electrons. The second-order valence-electron chi connectivity index (χ2n) is 5.63. The van der Waals surface area contributed by atoms with Crippen molar-refractivity contribution in [2.24, 2.45) is 0 Å². The Kier molecular flexibility index (Phi) is 3.76. The molecule has 0 radical (unpaired) electrons. The molecule has 0 bridgehead atoms. The van der Waals surface area contributed by atoms with Gasteiger partial charge in [-0.25, -0.2) is 0 Å². The zero-order chi connectivity index (χ0) is 14.8. The Morgan fingerprint density at radius 2 is 1.90 bits per heavy atom. The largest absolute Gasteiger partial charge is 0.326 e. The van der Waals surface area contributed by atoms with Crippen LogP contribution in [0.15, 0.2) is 42.5 Å². The van der Waals surface area contributed by atoms with Gasteiger partial charge in [-0.2, -0.15) is 0 Å². The zero-order valence-electron chi connectivity index (χ0n) is 12.5. The maximum atomic E-state index is 11.4. The molecular formula is C18H20N2O. The smallest absolute Gasteiger partial charge is 0.221 e. The van der Waals surface area contributed by atoms with Gasteiger partial charge in [0.15, 0.2) is 0 Å². The lowest BCUT2D eigenvalue weighted by Gasteiger charge is -2.23. The van der Waals surface area contributed by atoms with E-state index in [4.69, 9.17) is 0 Å². The van der Waals surface area contributed by atoms with Gasteiger partial charge in [-0.1, -0.05) is 36.4 Å². The molecule has 3 nitrogen and oxygen atoms in total. The third-order valence-electron chi connectivity index (χ3n) is 3.99. The topological polar surface area (TPSA) is 32.3 Å². The van der Waals surface area contributed by atoms with Gasteiger partial charge in [-0.15, -0.1) is 0 Å². The molecule has 1 heterocycles. The van der Waals surface area contributed by atoms with Crippen LogP contribution in [0.1, 0.15) is 18.9 Å². The van der Waals surface area contributed by atoms with Gasteiger partial charge in [0.05, 0.1) is 0 Å². The lowest BCUT2D eigenvalue weighted by atomic mass is 9.94. The summed E-state index contributed by atoms with van der Waals surface area (Å²) in [7, 11) is 2.14. The van der Waals surface area contributed by atoms with E-state index in [9.17, 15) is 4.79 Å². The summed E-state index contributed by atoms with van der Waals surface area (Å²) < 4.78 is 0. The van der Waals surface area contributed by atoms with Crippen molar-refractivity contribution < 1.29 is 4.79 Å². The Morgan fingerprint density at radius 1 is 1.14 bits per heavy atom. The van der Waals surface area contributed by atoms with Crippen molar-refractivity contribution in [2.75, 3.05) is 25.5 Å². The number of nitrogens with one attached hydrogen (secondary N) is 1. The summed E-state index contributed by atoms with van der Waals surface area (Å²) in [6, 6.07) is 12.4. The van der Waals surface area contributed by atoms with Crippen LogP contribution in [0, 0.1) is 0 Å². The van der Waals surface area contributed by atoms with Crippen LogP contribution in [-0.4, -0.2) is 30.9 Å². The van der Waals surface area contributed by atoms with Crippen molar-refractivity contribution in [3.8, 4) is 0 Å². The Balaban J connectivity index is 2.10. The summed E-state index contributed by atoms with van der Waals surface area (Å²) in [5.74, 6) is -0.0357. The number of likely N-dealkylation sites (N-methyl/N-ethyl adjacent to an activating group) is 1. The van der Waals surface area contributed by atoms with Crippen molar-refractivity contribution >= 4 is 27.9 Å². The van der Waals surface area contributed by atoms with E-state index in [0.29, 0.717) is 0 Å². The summed E-state index contributed by atoms with van der Waals surface area (Å²) in [4.78, 5) is 13.7. The highest BCUT2D eigenvalue weighted by Crippen LogP contribution is 2.32. The minimum Gasteiger partial charge on any atom is -0.326 e. The van der Waals surface area contributed by atoms with Crippen LogP contribution in [0.25, 0.3) is 16.3 Å². The second-order valence-corrected chi connectivity index (χ2v) is 5.63. The minimum atomic E-state index is -0.0357. The molecule has 1 N–H and O–H groups in total. The molecule has 1 aliphatic rings. The van der Waals surface area contributed by atoms with Gasteiger partial charge in [-0.3, -0.25) is 4.79 Å². The van der Waals surface area contributed by atoms with E-state index in [1.54, 1.807) is 6.92 Å². The van der Waals surface area contributed by atoms with Crippen LogP contribution in [-0.2, 0) is 4.79 Å². The average Bonchev–Trinajstić information content (AvgIpc) is 2.47. The number of amides is 1. The lowest BCUT2D eigenvalue weighted by molar-refractivity contribution is -0.114. The van der Waals surface area contributed by atoms with Crippen LogP contribution in [0.5, 0.6) is 0 Å². The Bertz CT molecular complexity index is 718. The third-order valence-corrected chi connectivity index (χ3v) is 3.99. The summed E-state index contributed by atoms with van der Waals surface area (Å²) in [5, 5.41) is 5.23. The zero-order valence-corrected chi connectivity index (χ0v) is 12.5. The molecule has 0 aliphatic carbocycles. The van der Waals surface area contributed by atoms with E-state index < -0.39 is 0 Å². The Morgan fingerprint density at radius 3 is 2.62 bits per heavy atom. The highest BCUT2D eigenvalue weighted by atomic mass is 16.1. The third kappa shape index (κ3) is 2.83. The van der Waals surface area contributed by atoms with Crippen molar-refractivity contribution in [1.82, 2.24) is 4.90 Å². The first kappa shape index (κ1) is 13.8. The van der Waals surface area contributed by atoms with Gasteiger partial charge >= 0.3 is 0 Å². The number of benzene rings is 2. The van der Waals surface area contributed by atoms with Crippen LogP contribution in [0.4, 0.5) is 5.69 Å². The molecule has 0 spiro atoms. The van der Waals surface area contributed by atoms with Crippen LogP contribution < -0.4 is 5.32 Å². The predicted molar refractivity (Wildman–Crippen MR) is 88.3 cm³/mol. The van der Waals surface area contributed by atoms with Gasteiger partial charge in [0, 0.05) is 31.1 Å².